The fourth-order valence-corrected chi connectivity index (χ4v) is 5.30. The highest BCUT2D eigenvalue weighted by atomic mass is 32.2. The molecule has 1 aromatic heterocycles. The molecule has 4 aromatic rings. The smallest absolute Gasteiger partial charge is 0.281 e. The number of nitrogens with one attached hydrogen (secondary N) is 1. The average molecular weight is 468 g/mol. The third-order valence-electron chi connectivity index (χ3n) is 4.95. The van der Waals surface area contributed by atoms with E-state index < -0.39 is 15.9 Å². The number of para-hydroxylation sites is 1. The molecule has 0 spiro atoms. The number of aryl methyl sites for hydroxylation is 2. The summed E-state index contributed by atoms with van der Waals surface area (Å²) in [5, 5.41) is 0. The van der Waals surface area contributed by atoms with E-state index in [0.717, 1.165) is 15.8 Å². The van der Waals surface area contributed by atoms with Crippen molar-refractivity contribution in [2.24, 2.45) is 12.0 Å². The normalized spacial score (nSPS) is 12.2. The van der Waals surface area contributed by atoms with Crippen molar-refractivity contribution in [3.05, 3.63) is 82.7 Å². The first kappa shape index (κ1) is 21.8. The van der Waals surface area contributed by atoms with Gasteiger partial charge in [0.25, 0.3) is 15.9 Å². The van der Waals surface area contributed by atoms with E-state index in [1.165, 1.54) is 23.5 Å². The van der Waals surface area contributed by atoms with Gasteiger partial charge in [-0.3, -0.25) is 9.52 Å². The van der Waals surface area contributed by atoms with Crippen LogP contribution in [0.5, 0.6) is 5.75 Å². The minimum Gasteiger partial charge on any atom is -0.497 e. The number of thiazole rings is 1. The first-order valence-electron chi connectivity index (χ1n) is 9.69. The molecule has 9 heteroatoms. The van der Waals surface area contributed by atoms with Crippen LogP contribution in [-0.4, -0.2) is 26.0 Å². The van der Waals surface area contributed by atoms with E-state index in [9.17, 15) is 13.2 Å². The van der Waals surface area contributed by atoms with E-state index in [-0.39, 0.29) is 16.1 Å². The highest BCUT2D eigenvalue weighted by Crippen LogP contribution is 2.24. The van der Waals surface area contributed by atoms with E-state index in [2.05, 4.69) is 9.71 Å². The van der Waals surface area contributed by atoms with Gasteiger partial charge in [0.1, 0.15) is 5.75 Å². The van der Waals surface area contributed by atoms with Gasteiger partial charge in [0.15, 0.2) is 4.80 Å². The molecule has 1 amide bonds. The van der Waals surface area contributed by atoms with Gasteiger partial charge in [0.05, 0.1) is 33.5 Å². The molecule has 0 aliphatic carbocycles. The molecular weight excluding hydrogens is 446 g/mol. The molecule has 1 heterocycles. The molecule has 3 aromatic carbocycles. The maximum absolute atomic E-state index is 13.0. The van der Waals surface area contributed by atoms with Crippen LogP contribution in [0.1, 0.15) is 15.9 Å². The quantitative estimate of drug-likeness (QED) is 0.479. The highest BCUT2D eigenvalue weighted by Gasteiger charge is 2.18. The van der Waals surface area contributed by atoms with Gasteiger partial charge in [-0.15, -0.1) is 0 Å². The molecule has 0 atom stereocenters. The molecule has 32 heavy (non-hydrogen) atoms. The van der Waals surface area contributed by atoms with Crippen LogP contribution >= 0.6 is 11.3 Å². The molecule has 0 fully saturated rings. The van der Waals surface area contributed by atoms with Gasteiger partial charge in [0.2, 0.25) is 0 Å². The lowest BCUT2D eigenvalue weighted by Crippen LogP contribution is -2.17. The van der Waals surface area contributed by atoms with E-state index in [1.807, 2.05) is 36.7 Å². The summed E-state index contributed by atoms with van der Waals surface area (Å²) in [5.74, 6) is 0.175. The predicted molar refractivity (Wildman–Crippen MR) is 126 cm³/mol. The molecule has 0 bridgehead atoms. The molecule has 164 valence electrons. The molecule has 0 radical (unpaired) electrons. The van der Waals surface area contributed by atoms with Gasteiger partial charge in [-0.25, -0.2) is 8.42 Å². The van der Waals surface area contributed by atoms with Crippen molar-refractivity contribution in [3.8, 4) is 5.75 Å². The Kier molecular flexibility index (Phi) is 5.86. The van der Waals surface area contributed by atoms with Gasteiger partial charge in [-0.1, -0.05) is 41.2 Å². The van der Waals surface area contributed by atoms with Gasteiger partial charge >= 0.3 is 0 Å². The standard InChI is InChI=1S/C23H21N3O4S2/c1-15-8-11-17(12-9-15)32(28,29)25-19-7-5-4-6-18(19)22(27)24-23-26(2)20-13-10-16(30-3)14-21(20)31-23/h4-14,25H,1-3H3. The number of benzene rings is 3. The van der Waals surface area contributed by atoms with Gasteiger partial charge in [-0.2, -0.15) is 4.99 Å². The number of carbonyl (C=O) groups is 1. The second-order valence-corrected chi connectivity index (χ2v) is 9.85. The van der Waals surface area contributed by atoms with Crippen molar-refractivity contribution in [2.45, 2.75) is 11.8 Å². The Bertz CT molecular complexity index is 1480. The number of sulfonamides is 1. The van der Waals surface area contributed by atoms with E-state index in [1.54, 1.807) is 43.5 Å². The van der Waals surface area contributed by atoms with Gasteiger partial charge in [0, 0.05) is 7.05 Å². The van der Waals surface area contributed by atoms with Crippen molar-refractivity contribution in [1.29, 1.82) is 0 Å². The number of carbonyl (C=O) groups excluding carboxylic acids is 1. The number of rotatable bonds is 5. The summed E-state index contributed by atoms with van der Waals surface area (Å²) in [4.78, 5) is 17.9. The summed E-state index contributed by atoms with van der Waals surface area (Å²) in [6, 6.07) is 18.5. The molecule has 0 unspecified atom stereocenters. The average Bonchev–Trinajstić information content (AvgIpc) is 3.08. The van der Waals surface area contributed by atoms with Crippen molar-refractivity contribution in [3.63, 3.8) is 0 Å². The monoisotopic (exact) mass is 467 g/mol. The van der Waals surface area contributed by atoms with Crippen LogP contribution in [-0.2, 0) is 17.1 Å². The minimum atomic E-state index is -3.86. The zero-order valence-corrected chi connectivity index (χ0v) is 19.3. The topological polar surface area (TPSA) is 89.8 Å². The SMILES string of the molecule is COc1ccc2c(c1)sc(=NC(=O)c1ccccc1NS(=O)(=O)c1ccc(C)cc1)n2C. The van der Waals surface area contributed by atoms with Crippen LogP contribution in [0.3, 0.4) is 0 Å². The van der Waals surface area contributed by atoms with E-state index in [4.69, 9.17) is 4.74 Å². The van der Waals surface area contributed by atoms with Crippen molar-refractivity contribution in [1.82, 2.24) is 4.57 Å². The largest absolute Gasteiger partial charge is 0.497 e. The fourth-order valence-electron chi connectivity index (χ4n) is 3.17. The Morgan fingerprint density at radius 2 is 1.78 bits per heavy atom. The maximum atomic E-state index is 13.0. The van der Waals surface area contributed by atoms with Crippen LogP contribution in [0.2, 0.25) is 0 Å². The van der Waals surface area contributed by atoms with Crippen LogP contribution < -0.4 is 14.3 Å². The summed E-state index contributed by atoms with van der Waals surface area (Å²) < 4.78 is 36.1. The Hall–Kier alpha value is -3.43. The van der Waals surface area contributed by atoms with Gasteiger partial charge in [-0.05, 0) is 49.4 Å². The number of nitrogens with zero attached hydrogens (tertiary/aromatic N) is 2. The van der Waals surface area contributed by atoms with Gasteiger partial charge < -0.3 is 9.30 Å². The fraction of sp³-hybridized carbons (Fsp3) is 0.130. The number of anilines is 1. The Balaban J connectivity index is 1.71. The Morgan fingerprint density at radius 3 is 2.50 bits per heavy atom. The first-order valence-corrected chi connectivity index (χ1v) is 12.0. The van der Waals surface area contributed by atoms with Crippen LogP contribution in [0.4, 0.5) is 5.69 Å². The molecule has 1 N–H and O–H groups in total. The number of fused-ring (bicyclic) bond motifs is 1. The van der Waals surface area contributed by atoms with Crippen LogP contribution in [0.25, 0.3) is 10.2 Å². The summed E-state index contributed by atoms with van der Waals surface area (Å²) in [6.45, 7) is 1.88. The lowest BCUT2D eigenvalue weighted by molar-refractivity contribution is 0.0999. The Morgan fingerprint density at radius 1 is 1.06 bits per heavy atom. The van der Waals surface area contributed by atoms with Crippen LogP contribution in [0, 0.1) is 6.92 Å². The predicted octanol–water partition coefficient (Wildman–Crippen LogP) is 4.10. The number of amides is 1. The zero-order chi connectivity index (χ0) is 22.9. The molecule has 7 nitrogen and oxygen atoms in total. The summed E-state index contributed by atoms with van der Waals surface area (Å²) in [7, 11) is -0.437. The Labute approximate surface area is 189 Å². The zero-order valence-electron chi connectivity index (χ0n) is 17.7. The third-order valence-corrected chi connectivity index (χ3v) is 7.42. The summed E-state index contributed by atoms with van der Waals surface area (Å²) in [6.07, 6.45) is 0. The number of hydrogen-bond donors (Lipinski definition) is 1. The van der Waals surface area contributed by atoms with Crippen LogP contribution in [0.15, 0.2) is 76.6 Å². The van der Waals surface area contributed by atoms with E-state index >= 15 is 0 Å². The molecule has 0 saturated carbocycles. The molecule has 0 saturated heterocycles. The van der Waals surface area contributed by atoms with Crippen molar-refractivity contribution in [2.75, 3.05) is 11.8 Å². The molecule has 0 aliphatic rings. The second kappa shape index (κ2) is 8.60. The third kappa shape index (κ3) is 4.30. The number of ether oxygens (including phenoxy) is 1. The molecule has 0 aliphatic heterocycles. The van der Waals surface area contributed by atoms with Crippen molar-refractivity contribution < 1.29 is 17.9 Å². The molecular formula is C23H21N3O4S2. The lowest BCUT2D eigenvalue weighted by atomic mass is 10.2. The maximum Gasteiger partial charge on any atom is 0.281 e. The first-order chi connectivity index (χ1) is 15.3. The molecule has 4 rings (SSSR count). The number of hydrogen-bond acceptors (Lipinski definition) is 5. The van der Waals surface area contributed by atoms with Crippen molar-refractivity contribution >= 4 is 43.2 Å². The minimum absolute atomic E-state index is 0.118. The summed E-state index contributed by atoms with van der Waals surface area (Å²) in [5.41, 5.74) is 2.20. The van der Waals surface area contributed by atoms with E-state index in [0.29, 0.717) is 10.6 Å². The summed E-state index contributed by atoms with van der Waals surface area (Å²) >= 11 is 1.35. The number of aromatic nitrogens is 1. The highest BCUT2D eigenvalue weighted by molar-refractivity contribution is 7.92. The second-order valence-electron chi connectivity index (χ2n) is 7.16. The number of methoxy groups -OCH3 is 1. The lowest BCUT2D eigenvalue weighted by Gasteiger charge is -2.11.